The number of anilines is 1. The van der Waals surface area contributed by atoms with Crippen LogP contribution < -0.4 is 5.32 Å². The van der Waals surface area contributed by atoms with Gasteiger partial charge in [0, 0.05) is 25.3 Å². The molecule has 1 saturated heterocycles. The van der Waals surface area contributed by atoms with E-state index in [4.69, 9.17) is 33.0 Å². The van der Waals surface area contributed by atoms with Gasteiger partial charge in [-0.2, -0.15) is 0 Å². The number of hydrogen-bond donors (Lipinski definition) is 2. The zero-order chi connectivity index (χ0) is 20.1. The van der Waals surface area contributed by atoms with Crippen LogP contribution in [-0.4, -0.2) is 48.1 Å². The van der Waals surface area contributed by atoms with Crippen LogP contribution in [0, 0.1) is 0 Å². The topological polar surface area (TPSA) is 78.9 Å². The molecule has 29 heavy (non-hydrogen) atoms. The molecule has 1 aliphatic heterocycles. The molecule has 1 amide bonds. The summed E-state index contributed by atoms with van der Waals surface area (Å²) in [6.45, 7) is 2.40. The second kappa shape index (κ2) is 10.8. The Morgan fingerprint density at radius 2 is 1.79 bits per heavy atom. The molecule has 1 heterocycles. The first kappa shape index (κ1) is 23.4. The molecule has 0 bridgehead atoms. The standard InChI is InChI=1S/C20H20Cl2N2O4.ClH/c21-15-2-1-3-16(22)19(15)20(27)23-14-6-4-13(5-7-14)17-12-24(10-11-28-17)9-8-18(25)26;/h1-7,17H,8-12H2,(H,23,27)(H,25,26);1H. The summed E-state index contributed by atoms with van der Waals surface area (Å²) in [6.07, 6.45) is -0.0206. The number of ether oxygens (including phenoxy) is 1. The van der Waals surface area contributed by atoms with Crippen molar-refractivity contribution in [1.82, 2.24) is 4.90 Å². The van der Waals surface area contributed by atoms with E-state index in [0.717, 1.165) is 12.1 Å². The fourth-order valence-corrected chi connectivity index (χ4v) is 3.62. The van der Waals surface area contributed by atoms with Crippen LogP contribution in [-0.2, 0) is 9.53 Å². The number of nitrogens with zero attached hydrogens (tertiary/aromatic N) is 1. The average Bonchev–Trinajstić information content (AvgIpc) is 2.67. The number of nitrogens with one attached hydrogen (secondary N) is 1. The Hall–Kier alpha value is -1.83. The number of carbonyl (C=O) groups excluding carboxylic acids is 1. The molecule has 1 atom stereocenters. The molecule has 2 aromatic carbocycles. The van der Waals surface area contributed by atoms with Gasteiger partial charge in [0.25, 0.3) is 5.91 Å². The molecule has 0 saturated carbocycles. The van der Waals surface area contributed by atoms with Gasteiger partial charge >= 0.3 is 5.97 Å². The highest BCUT2D eigenvalue weighted by molar-refractivity contribution is 6.40. The molecular formula is C20H21Cl3N2O4. The number of benzene rings is 2. The first-order valence-corrected chi connectivity index (χ1v) is 9.60. The predicted octanol–water partition coefficient (Wildman–Crippen LogP) is 4.52. The maximum atomic E-state index is 12.5. The lowest BCUT2D eigenvalue weighted by Gasteiger charge is -2.32. The molecule has 3 rings (SSSR count). The molecule has 1 aliphatic rings. The molecule has 0 radical (unpaired) electrons. The number of carboxylic acid groups (broad SMARTS) is 1. The van der Waals surface area contributed by atoms with Gasteiger partial charge in [-0.05, 0) is 29.8 Å². The second-order valence-electron chi connectivity index (χ2n) is 6.48. The van der Waals surface area contributed by atoms with Crippen LogP contribution in [0.4, 0.5) is 5.69 Å². The Kier molecular flexibility index (Phi) is 8.74. The van der Waals surface area contributed by atoms with Gasteiger partial charge in [-0.25, -0.2) is 0 Å². The molecule has 2 aromatic rings. The van der Waals surface area contributed by atoms with E-state index in [9.17, 15) is 9.59 Å². The maximum absolute atomic E-state index is 12.5. The van der Waals surface area contributed by atoms with Gasteiger partial charge < -0.3 is 15.2 Å². The number of carbonyl (C=O) groups is 2. The normalized spacial score (nSPS) is 16.7. The summed E-state index contributed by atoms with van der Waals surface area (Å²) in [4.78, 5) is 25.3. The summed E-state index contributed by atoms with van der Waals surface area (Å²) < 4.78 is 5.81. The lowest BCUT2D eigenvalue weighted by Crippen LogP contribution is -2.39. The van der Waals surface area contributed by atoms with E-state index in [1.807, 2.05) is 12.1 Å². The second-order valence-corrected chi connectivity index (χ2v) is 7.29. The number of rotatable bonds is 6. The average molecular weight is 460 g/mol. The van der Waals surface area contributed by atoms with Gasteiger partial charge in [-0.3, -0.25) is 14.5 Å². The van der Waals surface area contributed by atoms with Gasteiger partial charge in [-0.1, -0.05) is 41.4 Å². The summed E-state index contributed by atoms with van der Waals surface area (Å²) >= 11 is 12.1. The molecular weight excluding hydrogens is 439 g/mol. The van der Waals surface area contributed by atoms with Crippen LogP contribution in [0.3, 0.4) is 0 Å². The molecule has 6 nitrogen and oxygen atoms in total. The van der Waals surface area contributed by atoms with Crippen LogP contribution in [0.1, 0.15) is 28.4 Å². The number of amides is 1. The third-order valence-corrected chi connectivity index (χ3v) is 5.15. The van der Waals surface area contributed by atoms with E-state index in [2.05, 4.69) is 10.2 Å². The van der Waals surface area contributed by atoms with Crippen molar-refractivity contribution in [3.8, 4) is 0 Å². The van der Waals surface area contributed by atoms with Crippen LogP contribution in [0.25, 0.3) is 0 Å². The Balaban J connectivity index is 0.00000300. The molecule has 0 spiro atoms. The van der Waals surface area contributed by atoms with E-state index in [0.29, 0.717) is 35.4 Å². The molecule has 0 aliphatic carbocycles. The number of aliphatic carboxylic acids is 1. The van der Waals surface area contributed by atoms with Crippen LogP contribution in [0.2, 0.25) is 10.0 Å². The first-order valence-electron chi connectivity index (χ1n) is 8.85. The van der Waals surface area contributed by atoms with Gasteiger partial charge in [0.15, 0.2) is 0 Å². The van der Waals surface area contributed by atoms with Crippen molar-refractivity contribution in [2.75, 3.05) is 31.6 Å². The van der Waals surface area contributed by atoms with Gasteiger partial charge in [0.05, 0.1) is 34.7 Å². The zero-order valence-electron chi connectivity index (χ0n) is 15.4. The van der Waals surface area contributed by atoms with E-state index >= 15 is 0 Å². The van der Waals surface area contributed by atoms with Crippen molar-refractivity contribution in [2.24, 2.45) is 0 Å². The summed E-state index contributed by atoms with van der Waals surface area (Å²) in [5.41, 5.74) is 1.82. The highest BCUT2D eigenvalue weighted by Crippen LogP contribution is 2.27. The summed E-state index contributed by atoms with van der Waals surface area (Å²) in [5.74, 6) is -1.18. The lowest BCUT2D eigenvalue weighted by atomic mass is 10.1. The minimum Gasteiger partial charge on any atom is -0.481 e. The summed E-state index contributed by atoms with van der Waals surface area (Å²) in [6, 6.07) is 12.3. The van der Waals surface area contributed by atoms with Gasteiger partial charge in [0.2, 0.25) is 0 Å². The third-order valence-electron chi connectivity index (χ3n) is 4.52. The van der Waals surface area contributed by atoms with E-state index in [-0.39, 0.29) is 36.4 Å². The van der Waals surface area contributed by atoms with Crippen molar-refractivity contribution in [3.63, 3.8) is 0 Å². The molecule has 2 N–H and O–H groups in total. The number of carboxylic acids is 1. The Morgan fingerprint density at radius 1 is 1.14 bits per heavy atom. The lowest BCUT2D eigenvalue weighted by molar-refractivity contribution is -0.137. The van der Waals surface area contributed by atoms with Gasteiger partial charge in [0.1, 0.15) is 0 Å². The number of halogens is 3. The van der Waals surface area contributed by atoms with Crippen LogP contribution in [0.15, 0.2) is 42.5 Å². The zero-order valence-corrected chi connectivity index (χ0v) is 17.8. The predicted molar refractivity (Wildman–Crippen MR) is 115 cm³/mol. The highest BCUT2D eigenvalue weighted by atomic mass is 35.5. The summed E-state index contributed by atoms with van der Waals surface area (Å²) in [5, 5.41) is 12.2. The fraction of sp³-hybridized carbons (Fsp3) is 0.300. The summed E-state index contributed by atoms with van der Waals surface area (Å²) in [7, 11) is 0. The number of morpholine rings is 1. The SMILES string of the molecule is Cl.O=C(O)CCN1CCOC(c2ccc(NC(=O)c3c(Cl)cccc3Cl)cc2)C1. The fourth-order valence-electron chi connectivity index (χ4n) is 3.05. The minimum absolute atomic E-state index is 0. The molecule has 1 fully saturated rings. The Labute approximate surface area is 185 Å². The quantitative estimate of drug-likeness (QED) is 0.664. The highest BCUT2D eigenvalue weighted by Gasteiger charge is 2.22. The van der Waals surface area contributed by atoms with Crippen molar-refractivity contribution in [3.05, 3.63) is 63.6 Å². The maximum Gasteiger partial charge on any atom is 0.304 e. The van der Waals surface area contributed by atoms with E-state index in [1.54, 1.807) is 30.3 Å². The smallest absolute Gasteiger partial charge is 0.304 e. The molecule has 1 unspecified atom stereocenters. The number of hydrogen-bond acceptors (Lipinski definition) is 4. The van der Waals surface area contributed by atoms with E-state index in [1.165, 1.54) is 0 Å². The molecule has 0 aromatic heterocycles. The molecule has 9 heteroatoms. The van der Waals surface area contributed by atoms with Gasteiger partial charge in [-0.15, -0.1) is 12.4 Å². The largest absolute Gasteiger partial charge is 0.481 e. The van der Waals surface area contributed by atoms with E-state index < -0.39 is 5.97 Å². The van der Waals surface area contributed by atoms with Crippen molar-refractivity contribution in [2.45, 2.75) is 12.5 Å². The van der Waals surface area contributed by atoms with Crippen molar-refractivity contribution in [1.29, 1.82) is 0 Å². The van der Waals surface area contributed by atoms with Crippen molar-refractivity contribution >= 4 is 53.2 Å². The first-order chi connectivity index (χ1) is 13.4. The Morgan fingerprint density at radius 3 is 2.41 bits per heavy atom. The minimum atomic E-state index is -0.804. The van der Waals surface area contributed by atoms with Crippen LogP contribution in [0.5, 0.6) is 0 Å². The third kappa shape index (κ3) is 6.32. The van der Waals surface area contributed by atoms with Crippen LogP contribution >= 0.6 is 35.6 Å². The molecule has 156 valence electrons. The Bertz CT molecular complexity index is 841. The van der Waals surface area contributed by atoms with Crippen molar-refractivity contribution < 1.29 is 19.4 Å². The monoisotopic (exact) mass is 458 g/mol.